The number of carbonyl (C=O) groups is 1. The van der Waals surface area contributed by atoms with Gasteiger partial charge in [0, 0.05) is 5.75 Å². The highest BCUT2D eigenvalue weighted by Crippen LogP contribution is 2.25. The van der Waals surface area contributed by atoms with Crippen LogP contribution in [0.25, 0.3) is 6.08 Å². The molecule has 1 aliphatic rings. The largest absolute Gasteiger partial charge is 0.494 e. The molecule has 0 aliphatic carbocycles. The Labute approximate surface area is 162 Å². The molecule has 1 aliphatic heterocycles. The average molecular weight is 386 g/mol. The quantitative estimate of drug-likeness (QED) is 0.536. The molecule has 8 heteroatoms. The summed E-state index contributed by atoms with van der Waals surface area (Å²) in [7, 11) is 0. The van der Waals surface area contributed by atoms with Gasteiger partial charge in [-0.3, -0.25) is 0 Å². The molecule has 2 aromatic rings. The van der Waals surface area contributed by atoms with Gasteiger partial charge in [-0.2, -0.15) is 9.78 Å². The van der Waals surface area contributed by atoms with Crippen molar-refractivity contribution in [3.63, 3.8) is 0 Å². The Bertz CT molecular complexity index is 872. The van der Waals surface area contributed by atoms with Gasteiger partial charge in [0.2, 0.25) is 5.16 Å². The van der Waals surface area contributed by atoms with Gasteiger partial charge in [0.05, 0.1) is 24.5 Å². The molecule has 0 atom stereocenters. The van der Waals surface area contributed by atoms with Crippen LogP contribution in [0, 0.1) is 6.92 Å². The fraction of sp³-hybridized carbons (Fsp3) is 0.368. The molecule has 2 heterocycles. The van der Waals surface area contributed by atoms with Gasteiger partial charge in [-0.25, -0.2) is 4.79 Å². The molecular weight excluding hydrogens is 364 g/mol. The van der Waals surface area contributed by atoms with Crippen molar-refractivity contribution in [2.24, 2.45) is 5.10 Å². The smallest absolute Gasteiger partial charge is 0.340 e. The van der Waals surface area contributed by atoms with Crippen molar-refractivity contribution in [2.75, 3.05) is 19.0 Å². The van der Waals surface area contributed by atoms with E-state index in [2.05, 4.69) is 22.2 Å². The summed E-state index contributed by atoms with van der Waals surface area (Å²) in [4.78, 5) is 12.5. The lowest BCUT2D eigenvalue weighted by Gasteiger charge is -2.15. The number of thioether (sulfide) groups is 1. The monoisotopic (exact) mass is 386 g/mol. The van der Waals surface area contributed by atoms with E-state index in [1.54, 1.807) is 17.7 Å². The van der Waals surface area contributed by atoms with Gasteiger partial charge in [-0.15, -0.1) is 10.2 Å². The third-order valence-electron chi connectivity index (χ3n) is 3.80. The zero-order chi connectivity index (χ0) is 19.2. The Morgan fingerprint density at radius 1 is 1.26 bits per heavy atom. The van der Waals surface area contributed by atoms with Crippen LogP contribution in [0.2, 0.25) is 0 Å². The van der Waals surface area contributed by atoms with Crippen LogP contribution in [0.15, 0.2) is 40.1 Å². The molecule has 0 unspecified atom stereocenters. The standard InChI is InChI=1S/C19H22N4O3S/c1-4-10-26-15-8-6-14(7-9-15)11-16(18(24)25-5-2)17-12-27-19-21-20-13(3)23(19)22-17/h6-9,11H,4-5,10,12H2,1-3H3/b16-11-. The van der Waals surface area contributed by atoms with E-state index >= 15 is 0 Å². The van der Waals surface area contributed by atoms with Gasteiger partial charge in [-0.05, 0) is 44.0 Å². The Morgan fingerprint density at radius 2 is 2.04 bits per heavy atom. The number of hydrogen-bond donors (Lipinski definition) is 0. The minimum absolute atomic E-state index is 0.303. The van der Waals surface area contributed by atoms with E-state index in [0.717, 1.165) is 22.9 Å². The number of nitrogens with zero attached hydrogens (tertiary/aromatic N) is 4. The number of ether oxygens (including phenoxy) is 2. The summed E-state index contributed by atoms with van der Waals surface area (Å²) in [5.41, 5.74) is 1.95. The molecule has 3 rings (SSSR count). The summed E-state index contributed by atoms with van der Waals surface area (Å²) in [5, 5.41) is 13.4. The Balaban J connectivity index is 1.92. The average Bonchev–Trinajstić information content (AvgIpc) is 3.06. The summed E-state index contributed by atoms with van der Waals surface area (Å²) in [6.07, 6.45) is 2.75. The van der Waals surface area contributed by atoms with Crippen molar-refractivity contribution < 1.29 is 14.3 Å². The molecule has 27 heavy (non-hydrogen) atoms. The first-order chi connectivity index (χ1) is 13.1. The van der Waals surface area contributed by atoms with Crippen LogP contribution in [0.4, 0.5) is 0 Å². The first-order valence-corrected chi connectivity index (χ1v) is 9.85. The Kier molecular flexibility index (Phi) is 6.28. The molecule has 0 amide bonds. The molecule has 0 radical (unpaired) electrons. The first kappa shape index (κ1) is 19.2. The van der Waals surface area contributed by atoms with E-state index in [-0.39, 0.29) is 0 Å². The molecule has 0 bridgehead atoms. The number of hydrogen-bond acceptors (Lipinski definition) is 7. The van der Waals surface area contributed by atoms with Gasteiger partial charge in [0.25, 0.3) is 0 Å². The minimum atomic E-state index is -0.391. The summed E-state index contributed by atoms with van der Waals surface area (Å²) >= 11 is 1.49. The highest BCUT2D eigenvalue weighted by molar-refractivity contribution is 7.99. The van der Waals surface area contributed by atoms with E-state index in [1.807, 2.05) is 31.2 Å². The molecule has 0 saturated carbocycles. The number of benzene rings is 1. The lowest BCUT2D eigenvalue weighted by Crippen LogP contribution is -2.21. The number of carbonyl (C=O) groups excluding carboxylic acids is 1. The van der Waals surface area contributed by atoms with Crippen LogP contribution < -0.4 is 4.74 Å². The van der Waals surface area contributed by atoms with Crippen LogP contribution in [-0.2, 0) is 9.53 Å². The number of aryl methyl sites for hydroxylation is 1. The van der Waals surface area contributed by atoms with E-state index in [4.69, 9.17) is 9.47 Å². The highest BCUT2D eigenvalue weighted by atomic mass is 32.2. The van der Waals surface area contributed by atoms with Crippen molar-refractivity contribution in [3.05, 3.63) is 41.2 Å². The predicted molar refractivity (Wildman–Crippen MR) is 105 cm³/mol. The second-order valence-electron chi connectivity index (χ2n) is 5.87. The molecular formula is C19H22N4O3S. The van der Waals surface area contributed by atoms with E-state index in [0.29, 0.717) is 36.1 Å². The zero-order valence-electron chi connectivity index (χ0n) is 15.6. The highest BCUT2D eigenvalue weighted by Gasteiger charge is 2.24. The molecule has 0 spiro atoms. The predicted octanol–water partition coefficient (Wildman–Crippen LogP) is 3.33. The van der Waals surface area contributed by atoms with Gasteiger partial charge in [-0.1, -0.05) is 30.8 Å². The number of fused-ring (bicyclic) bond motifs is 1. The second kappa shape index (κ2) is 8.85. The fourth-order valence-corrected chi connectivity index (χ4v) is 3.35. The third kappa shape index (κ3) is 4.57. The number of esters is 1. The van der Waals surface area contributed by atoms with Crippen molar-refractivity contribution in [1.29, 1.82) is 0 Å². The second-order valence-corrected chi connectivity index (χ2v) is 6.82. The van der Waals surface area contributed by atoms with Gasteiger partial charge < -0.3 is 9.47 Å². The van der Waals surface area contributed by atoms with Crippen molar-refractivity contribution in [1.82, 2.24) is 14.9 Å². The van der Waals surface area contributed by atoms with Crippen LogP contribution >= 0.6 is 11.8 Å². The molecule has 0 N–H and O–H groups in total. The molecule has 142 valence electrons. The van der Waals surface area contributed by atoms with Gasteiger partial charge in [0.15, 0.2) is 5.82 Å². The van der Waals surface area contributed by atoms with Gasteiger partial charge >= 0.3 is 5.97 Å². The van der Waals surface area contributed by atoms with Gasteiger partial charge in [0.1, 0.15) is 5.75 Å². The third-order valence-corrected chi connectivity index (χ3v) is 4.73. The number of aromatic nitrogens is 3. The lowest BCUT2D eigenvalue weighted by molar-refractivity contribution is -0.137. The normalized spacial score (nSPS) is 13.7. The van der Waals surface area contributed by atoms with E-state index < -0.39 is 5.97 Å². The first-order valence-electron chi connectivity index (χ1n) is 8.87. The van der Waals surface area contributed by atoms with Crippen LogP contribution in [0.5, 0.6) is 5.75 Å². The van der Waals surface area contributed by atoms with Crippen LogP contribution in [0.3, 0.4) is 0 Å². The maximum Gasteiger partial charge on any atom is 0.340 e. The van der Waals surface area contributed by atoms with Crippen LogP contribution in [0.1, 0.15) is 31.7 Å². The summed E-state index contributed by atoms with van der Waals surface area (Å²) in [6, 6.07) is 7.61. The fourth-order valence-electron chi connectivity index (χ4n) is 2.47. The number of rotatable bonds is 7. The maximum absolute atomic E-state index is 12.5. The van der Waals surface area contributed by atoms with Crippen molar-refractivity contribution in [3.8, 4) is 5.75 Å². The van der Waals surface area contributed by atoms with Crippen LogP contribution in [-0.4, -0.2) is 45.5 Å². The topological polar surface area (TPSA) is 78.6 Å². The maximum atomic E-state index is 12.5. The lowest BCUT2D eigenvalue weighted by atomic mass is 10.1. The summed E-state index contributed by atoms with van der Waals surface area (Å²) in [6.45, 7) is 6.66. The van der Waals surface area contributed by atoms with E-state index in [1.165, 1.54) is 11.8 Å². The molecule has 1 aromatic heterocycles. The molecule has 7 nitrogen and oxygen atoms in total. The molecule has 1 aromatic carbocycles. The van der Waals surface area contributed by atoms with Crippen molar-refractivity contribution >= 4 is 29.5 Å². The minimum Gasteiger partial charge on any atom is -0.494 e. The zero-order valence-corrected chi connectivity index (χ0v) is 16.5. The Hall–Kier alpha value is -2.61. The summed E-state index contributed by atoms with van der Waals surface area (Å²) < 4.78 is 12.5. The molecule has 0 saturated heterocycles. The summed E-state index contributed by atoms with van der Waals surface area (Å²) in [5.74, 6) is 1.62. The molecule has 0 fully saturated rings. The Morgan fingerprint density at radius 3 is 2.74 bits per heavy atom. The van der Waals surface area contributed by atoms with Crippen molar-refractivity contribution in [2.45, 2.75) is 32.3 Å². The van der Waals surface area contributed by atoms with E-state index in [9.17, 15) is 4.79 Å². The SMILES string of the molecule is CCCOc1ccc(/C=C(\C(=O)OCC)C2=Nn3c(C)nnc3SC2)cc1.